The summed E-state index contributed by atoms with van der Waals surface area (Å²) in [6.45, 7) is 0. The Kier molecular flexibility index (Phi) is 3.27. The second-order valence-electron chi connectivity index (χ2n) is 3.54. The Balaban J connectivity index is 2.38. The molecule has 0 amide bonds. The van der Waals surface area contributed by atoms with Gasteiger partial charge in [0.1, 0.15) is 0 Å². The van der Waals surface area contributed by atoms with Gasteiger partial charge in [-0.3, -0.25) is 4.79 Å². The van der Waals surface area contributed by atoms with Crippen LogP contribution in [0.15, 0.2) is 53.4 Å². The second-order valence-corrected chi connectivity index (χ2v) is 4.02. The Hall–Kier alpha value is -2.05. The molecule has 0 saturated heterocycles. The number of hydrogen-bond acceptors (Lipinski definition) is 3. The van der Waals surface area contributed by atoms with Crippen molar-refractivity contribution in [2.45, 2.75) is 4.90 Å². The van der Waals surface area contributed by atoms with E-state index < -0.39 is 0 Å². The van der Waals surface area contributed by atoms with Gasteiger partial charge in [0.2, 0.25) is 0 Å². The van der Waals surface area contributed by atoms with E-state index in [9.17, 15) is 4.79 Å². The smallest absolute Gasteiger partial charge is 0.194 e. The van der Waals surface area contributed by atoms with Crippen molar-refractivity contribution in [2.24, 2.45) is 0 Å². The summed E-state index contributed by atoms with van der Waals surface area (Å²) < 4.78 is 0. The van der Waals surface area contributed by atoms with Gasteiger partial charge in [-0.15, -0.1) is 12.6 Å². The number of nitriles is 1. The molecule has 0 unspecified atom stereocenters. The van der Waals surface area contributed by atoms with E-state index in [1.54, 1.807) is 42.5 Å². The minimum absolute atomic E-state index is 0.0833. The summed E-state index contributed by atoms with van der Waals surface area (Å²) in [6.07, 6.45) is 0. The SMILES string of the molecule is N#Cc1ccc(C(=O)c2ccccc2S)cc1. The summed E-state index contributed by atoms with van der Waals surface area (Å²) in [5, 5.41) is 8.68. The van der Waals surface area contributed by atoms with Gasteiger partial charge in [-0.1, -0.05) is 12.1 Å². The molecule has 0 aromatic heterocycles. The molecule has 17 heavy (non-hydrogen) atoms. The van der Waals surface area contributed by atoms with Crippen LogP contribution in [0.1, 0.15) is 21.5 Å². The third-order valence-electron chi connectivity index (χ3n) is 2.42. The number of ketones is 1. The van der Waals surface area contributed by atoms with Gasteiger partial charge >= 0.3 is 0 Å². The molecule has 0 saturated carbocycles. The molecular weight excluding hydrogens is 230 g/mol. The molecule has 2 aromatic carbocycles. The maximum atomic E-state index is 12.1. The van der Waals surface area contributed by atoms with Crippen LogP contribution in [0.4, 0.5) is 0 Å². The first kappa shape index (κ1) is 11.4. The lowest BCUT2D eigenvalue weighted by Crippen LogP contribution is -2.02. The number of carbonyl (C=O) groups is 1. The molecule has 0 spiro atoms. The van der Waals surface area contributed by atoms with E-state index in [1.165, 1.54) is 0 Å². The highest BCUT2D eigenvalue weighted by Gasteiger charge is 2.11. The number of benzene rings is 2. The largest absolute Gasteiger partial charge is 0.289 e. The fourth-order valence-corrected chi connectivity index (χ4v) is 1.78. The van der Waals surface area contributed by atoms with Crippen molar-refractivity contribution >= 4 is 18.4 Å². The van der Waals surface area contributed by atoms with Crippen LogP contribution in [0.2, 0.25) is 0 Å². The van der Waals surface area contributed by atoms with Crippen LogP contribution in [0, 0.1) is 11.3 Å². The number of nitrogens with zero attached hydrogens (tertiary/aromatic N) is 1. The quantitative estimate of drug-likeness (QED) is 0.646. The third-order valence-corrected chi connectivity index (χ3v) is 2.81. The van der Waals surface area contributed by atoms with Crippen molar-refractivity contribution < 1.29 is 4.79 Å². The molecule has 0 aliphatic rings. The molecule has 2 rings (SSSR count). The van der Waals surface area contributed by atoms with Crippen LogP contribution < -0.4 is 0 Å². The standard InChI is InChI=1S/C14H9NOS/c15-9-10-5-7-11(8-6-10)14(16)12-3-1-2-4-13(12)17/h1-8,17H. The highest BCUT2D eigenvalue weighted by Crippen LogP contribution is 2.17. The van der Waals surface area contributed by atoms with Gasteiger partial charge in [-0.05, 0) is 36.4 Å². The zero-order chi connectivity index (χ0) is 12.3. The second kappa shape index (κ2) is 4.86. The van der Waals surface area contributed by atoms with Crippen molar-refractivity contribution in [1.82, 2.24) is 0 Å². The molecule has 0 bridgehead atoms. The molecule has 2 aromatic rings. The third kappa shape index (κ3) is 2.38. The normalized spacial score (nSPS) is 9.65. The van der Waals surface area contributed by atoms with E-state index in [4.69, 9.17) is 5.26 Å². The highest BCUT2D eigenvalue weighted by molar-refractivity contribution is 7.80. The van der Waals surface area contributed by atoms with Crippen molar-refractivity contribution in [3.05, 3.63) is 65.2 Å². The number of thiol groups is 1. The van der Waals surface area contributed by atoms with Gasteiger partial charge in [0, 0.05) is 16.0 Å². The van der Waals surface area contributed by atoms with Crippen LogP contribution in [-0.2, 0) is 0 Å². The van der Waals surface area contributed by atoms with Gasteiger partial charge < -0.3 is 0 Å². The lowest BCUT2D eigenvalue weighted by Gasteiger charge is -2.03. The Morgan fingerprint density at radius 2 is 1.71 bits per heavy atom. The van der Waals surface area contributed by atoms with Gasteiger partial charge in [-0.25, -0.2) is 0 Å². The van der Waals surface area contributed by atoms with Gasteiger partial charge in [0.25, 0.3) is 0 Å². The van der Waals surface area contributed by atoms with Crippen molar-refractivity contribution in [1.29, 1.82) is 5.26 Å². The lowest BCUT2D eigenvalue weighted by atomic mass is 10.0. The molecule has 0 N–H and O–H groups in total. The molecule has 0 atom stereocenters. The zero-order valence-corrected chi connectivity index (χ0v) is 9.82. The Bertz CT molecular complexity index is 596. The summed E-state index contributed by atoms with van der Waals surface area (Å²) >= 11 is 4.25. The van der Waals surface area contributed by atoms with Gasteiger partial charge in [0.15, 0.2) is 5.78 Å². The first-order chi connectivity index (χ1) is 8.22. The zero-order valence-electron chi connectivity index (χ0n) is 8.92. The minimum Gasteiger partial charge on any atom is -0.289 e. The number of hydrogen-bond donors (Lipinski definition) is 1. The monoisotopic (exact) mass is 239 g/mol. The summed E-state index contributed by atoms with van der Waals surface area (Å²) in [4.78, 5) is 12.8. The minimum atomic E-state index is -0.0833. The van der Waals surface area contributed by atoms with Crippen LogP contribution in [0.5, 0.6) is 0 Å². The molecule has 0 aliphatic carbocycles. The molecule has 82 valence electrons. The molecule has 0 aliphatic heterocycles. The van der Waals surface area contributed by atoms with E-state index in [0.717, 1.165) is 0 Å². The molecule has 3 heteroatoms. The van der Waals surface area contributed by atoms with E-state index in [0.29, 0.717) is 21.6 Å². The Morgan fingerprint density at radius 3 is 2.29 bits per heavy atom. The predicted octanol–water partition coefficient (Wildman–Crippen LogP) is 3.08. The van der Waals surface area contributed by atoms with Crippen molar-refractivity contribution in [3.63, 3.8) is 0 Å². The molecule has 0 fully saturated rings. The molecular formula is C14H9NOS. The fourth-order valence-electron chi connectivity index (χ4n) is 1.52. The van der Waals surface area contributed by atoms with E-state index >= 15 is 0 Å². The topological polar surface area (TPSA) is 40.9 Å². The fraction of sp³-hybridized carbons (Fsp3) is 0. The van der Waals surface area contributed by atoms with Crippen molar-refractivity contribution in [3.8, 4) is 6.07 Å². The van der Waals surface area contributed by atoms with Gasteiger partial charge in [-0.2, -0.15) is 5.26 Å². The average Bonchev–Trinajstić information content (AvgIpc) is 2.39. The maximum absolute atomic E-state index is 12.1. The van der Waals surface area contributed by atoms with E-state index in [1.807, 2.05) is 12.1 Å². The molecule has 2 nitrogen and oxygen atoms in total. The molecule has 0 heterocycles. The summed E-state index contributed by atoms with van der Waals surface area (Å²) in [7, 11) is 0. The average molecular weight is 239 g/mol. The van der Waals surface area contributed by atoms with Crippen LogP contribution in [-0.4, -0.2) is 5.78 Å². The number of carbonyl (C=O) groups excluding carboxylic acids is 1. The first-order valence-corrected chi connectivity index (χ1v) is 5.50. The van der Waals surface area contributed by atoms with Crippen LogP contribution in [0.25, 0.3) is 0 Å². The molecule has 0 radical (unpaired) electrons. The van der Waals surface area contributed by atoms with E-state index in [-0.39, 0.29) is 5.78 Å². The first-order valence-electron chi connectivity index (χ1n) is 5.05. The lowest BCUT2D eigenvalue weighted by molar-refractivity contribution is 0.103. The summed E-state index contributed by atoms with van der Waals surface area (Å²) in [6, 6.07) is 15.7. The Morgan fingerprint density at radius 1 is 1.06 bits per heavy atom. The van der Waals surface area contributed by atoms with Crippen LogP contribution in [0.3, 0.4) is 0 Å². The highest BCUT2D eigenvalue weighted by atomic mass is 32.1. The van der Waals surface area contributed by atoms with Crippen LogP contribution >= 0.6 is 12.6 Å². The van der Waals surface area contributed by atoms with E-state index in [2.05, 4.69) is 12.6 Å². The summed E-state index contributed by atoms with van der Waals surface area (Å²) in [5.74, 6) is -0.0833. The predicted molar refractivity (Wildman–Crippen MR) is 68.3 cm³/mol. The number of rotatable bonds is 2. The Labute approximate surface area is 105 Å². The van der Waals surface area contributed by atoms with Gasteiger partial charge in [0.05, 0.1) is 11.6 Å². The summed E-state index contributed by atoms with van der Waals surface area (Å²) in [5.41, 5.74) is 1.67. The maximum Gasteiger partial charge on any atom is 0.194 e. The van der Waals surface area contributed by atoms with Crippen molar-refractivity contribution in [2.75, 3.05) is 0 Å².